The van der Waals surface area contributed by atoms with Crippen molar-refractivity contribution in [2.75, 3.05) is 32.2 Å². The number of benzene rings is 2. The summed E-state index contributed by atoms with van der Waals surface area (Å²) < 4.78 is 55.0. The van der Waals surface area contributed by atoms with Crippen molar-refractivity contribution in [3.05, 3.63) is 52.6 Å². The lowest BCUT2D eigenvalue weighted by molar-refractivity contribution is -0.137. The second kappa shape index (κ2) is 9.65. The maximum Gasteiger partial charge on any atom is 0.416 e. The molecule has 1 N–H and O–H groups in total. The number of aryl methyl sites for hydroxylation is 3. The van der Waals surface area contributed by atoms with Crippen LogP contribution in [0.2, 0.25) is 0 Å². The molecule has 0 saturated carbocycles. The number of rotatable bonds is 8. The van der Waals surface area contributed by atoms with Crippen LogP contribution in [0, 0.1) is 20.8 Å². The summed E-state index contributed by atoms with van der Waals surface area (Å²) in [6.07, 6.45) is -4.54. The molecule has 0 bridgehead atoms. The number of halogens is 3. The van der Waals surface area contributed by atoms with E-state index in [-0.39, 0.29) is 31.3 Å². The molecule has 0 spiro atoms. The summed E-state index contributed by atoms with van der Waals surface area (Å²) in [7, 11) is 1.48. The monoisotopic (exact) mass is 411 g/mol. The summed E-state index contributed by atoms with van der Waals surface area (Å²) >= 11 is 0. The van der Waals surface area contributed by atoms with E-state index in [1.807, 2.05) is 32.9 Å². The van der Waals surface area contributed by atoms with E-state index in [2.05, 4.69) is 5.32 Å². The van der Waals surface area contributed by atoms with Crippen LogP contribution in [-0.4, -0.2) is 32.8 Å². The maximum atomic E-state index is 13.0. The molecule has 0 radical (unpaired) electrons. The summed E-state index contributed by atoms with van der Waals surface area (Å²) in [5, 5.41) is 2.44. The summed E-state index contributed by atoms with van der Waals surface area (Å²) in [6.45, 7) is 5.71. The first kappa shape index (κ1) is 22.5. The van der Waals surface area contributed by atoms with Crippen molar-refractivity contribution >= 4 is 11.6 Å². The lowest BCUT2D eigenvalue weighted by atomic mass is 10.1. The van der Waals surface area contributed by atoms with Crippen molar-refractivity contribution in [2.45, 2.75) is 26.9 Å². The number of amides is 1. The third kappa shape index (κ3) is 6.39. The SMILES string of the molecule is COCCOc1ccc(C(F)(F)F)cc1NC(=O)COc1c(C)cc(C)cc1C. The molecule has 0 unspecified atom stereocenters. The molecule has 0 aliphatic heterocycles. The lowest BCUT2D eigenvalue weighted by Crippen LogP contribution is -2.22. The number of carbonyl (C=O) groups is 1. The first-order valence-corrected chi connectivity index (χ1v) is 8.95. The Morgan fingerprint density at radius 3 is 2.24 bits per heavy atom. The third-order valence-corrected chi connectivity index (χ3v) is 4.08. The standard InChI is InChI=1S/C21H24F3NO4/c1-13-9-14(2)20(15(3)10-13)29-12-19(26)25-17-11-16(21(22,23)24)5-6-18(17)28-8-7-27-4/h5-6,9-11H,7-8,12H2,1-4H3,(H,25,26). The van der Waals surface area contributed by atoms with E-state index in [1.54, 1.807) is 0 Å². The van der Waals surface area contributed by atoms with Crippen LogP contribution < -0.4 is 14.8 Å². The van der Waals surface area contributed by atoms with E-state index in [1.165, 1.54) is 13.2 Å². The predicted octanol–water partition coefficient (Wildman–Crippen LogP) is 4.67. The fraction of sp³-hybridized carbons (Fsp3) is 0.381. The number of nitrogens with one attached hydrogen (secondary N) is 1. The first-order valence-electron chi connectivity index (χ1n) is 8.95. The average Bonchev–Trinajstić information content (AvgIpc) is 2.61. The Kier molecular flexibility index (Phi) is 7.50. The zero-order chi connectivity index (χ0) is 21.6. The number of anilines is 1. The molecule has 0 atom stereocenters. The Morgan fingerprint density at radius 2 is 1.66 bits per heavy atom. The van der Waals surface area contributed by atoms with Crippen molar-refractivity contribution in [2.24, 2.45) is 0 Å². The van der Waals surface area contributed by atoms with Gasteiger partial charge >= 0.3 is 6.18 Å². The smallest absolute Gasteiger partial charge is 0.416 e. The molecule has 29 heavy (non-hydrogen) atoms. The van der Waals surface area contributed by atoms with Crippen molar-refractivity contribution in [1.82, 2.24) is 0 Å². The van der Waals surface area contributed by atoms with Crippen LogP contribution >= 0.6 is 0 Å². The van der Waals surface area contributed by atoms with E-state index < -0.39 is 17.6 Å². The fourth-order valence-corrected chi connectivity index (χ4v) is 2.88. The van der Waals surface area contributed by atoms with Crippen LogP contribution in [0.3, 0.4) is 0 Å². The van der Waals surface area contributed by atoms with Crippen LogP contribution in [0.25, 0.3) is 0 Å². The van der Waals surface area contributed by atoms with Gasteiger partial charge in [0.15, 0.2) is 6.61 Å². The molecule has 0 heterocycles. The van der Waals surface area contributed by atoms with Gasteiger partial charge in [-0.05, 0) is 50.1 Å². The second-order valence-corrected chi connectivity index (χ2v) is 6.61. The van der Waals surface area contributed by atoms with Gasteiger partial charge in [0.2, 0.25) is 0 Å². The van der Waals surface area contributed by atoms with Crippen molar-refractivity contribution < 1.29 is 32.2 Å². The molecular formula is C21H24F3NO4. The molecule has 5 nitrogen and oxygen atoms in total. The van der Waals surface area contributed by atoms with E-state index >= 15 is 0 Å². The van der Waals surface area contributed by atoms with Gasteiger partial charge < -0.3 is 19.5 Å². The van der Waals surface area contributed by atoms with Gasteiger partial charge in [0.05, 0.1) is 17.9 Å². The van der Waals surface area contributed by atoms with E-state index in [4.69, 9.17) is 14.2 Å². The quantitative estimate of drug-likeness (QED) is 0.642. The molecule has 2 aromatic carbocycles. The molecule has 158 valence electrons. The minimum absolute atomic E-state index is 0.0816. The van der Waals surface area contributed by atoms with Crippen LogP contribution in [-0.2, 0) is 15.7 Å². The second-order valence-electron chi connectivity index (χ2n) is 6.61. The summed E-state index contributed by atoms with van der Waals surface area (Å²) in [5.74, 6) is 0.0951. The highest BCUT2D eigenvalue weighted by Gasteiger charge is 2.31. The third-order valence-electron chi connectivity index (χ3n) is 4.08. The van der Waals surface area contributed by atoms with Crippen LogP contribution in [0.4, 0.5) is 18.9 Å². The molecule has 0 aliphatic carbocycles. The van der Waals surface area contributed by atoms with Gasteiger partial charge in [-0.2, -0.15) is 13.2 Å². The van der Waals surface area contributed by atoms with E-state index in [0.717, 1.165) is 28.8 Å². The van der Waals surface area contributed by atoms with Crippen molar-refractivity contribution in [3.8, 4) is 11.5 Å². The Morgan fingerprint density at radius 1 is 1.00 bits per heavy atom. The highest BCUT2D eigenvalue weighted by atomic mass is 19.4. The Hall–Kier alpha value is -2.74. The molecule has 8 heteroatoms. The first-order chi connectivity index (χ1) is 13.6. The maximum absolute atomic E-state index is 13.0. The van der Waals surface area contributed by atoms with Crippen LogP contribution in [0.1, 0.15) is 22.3 Å². The Bertz CT molecular complexity index is 842. The highest BCUT2D eigenvalue weighted by Crippen LogP contribution is 2.35. The molecular weight excluding hydrogens is 387 g/mol. The molecule has 0 saturated heterocycles. The van der Waals surface area contributed by atoms with Crippen LogP contribution in [0.15, 0.2) is 30.3 Å². The van der Waals surface area contributed by atoms with E-state index in [0.29, 0.717) is 5.75 Å². The summed E-state index contributed by atoms with van der Waals surface area (Å²) in [5.41, 5.74) is 1.84. The summed E-state index contributed by atoms with van der Waals surface area (Å²) in [6, 6.07) is 6.75. The zero-order valence-electron chi connectivity index (χ0n) is 16.8. The Balaban J connectivity index is 2.14. The molecule has 0 fully saturated rings. The van der Waals surface area contributed by atoms with Gasteiger partial charge in [0.25, 0.3) is 5.91 Å². The number of alkyl halides is 3. The van der Waals surface area contributed by atoms with Gasteiger partial charge in [0, 0.05) is 7.11 Å². The van der Waals surface area contributed by atoms with Gasteiger partial charge in [-0.3, -0.25) is 4.79 Å². The highest BCUT2D eigenvalue weighted by molar-refractivity contribution is 5.93. The van der Waals surface area contributed by atoms with Gasteiger partial charge in [-0.15, -0.1) is 0 Å². The molecule has 1 amide bonds. The minimum atomic E-state index is -4.54. The minimum Gasteiger partial charge on any atom is -0.489 e. The molecule has 2 rings (SSSR count). The number of methoxy groups -OCH3 is 1. The predicted molar refractivity (Wildman–Crippen MR) is 104 cm³/mol. The van der Waals surface area contributed by atoms with Gasteiger partial charge in [0.1, 0.15) is 18.1 Å². The molecule has 0 aliphatic rings. The molecule has 2 aromatic rings. The number of carbonyl (C=O) groups excluding carboxylic acids is 1. The van der Waals surface area contributed by atoms with Crippen LogP contribution in [0.5, 0.6) is 11.5 Å². The van der Waals surface area contributed by atoms with Gasteiger partial charge in [-0.25, -0.2) is 0 Å². The summed E-state index contributed by atoms with van der Waals surface area (Å²) in [4.78, 5) is 12.3. The Labute approximate surface area is 167 Å². The normalized spacial score (nSPS) is 11.3. The van der Waals surface area contributed by atoms with E-state index in [9.17, 15) is 18.0 Å². The zero-order valence-corrected chi connectivity index (χ0v) is 16.8. The van der Waals surface area contributed by atoms with Crippen molar-refractivity contribution in [3.63, 3.8) is 0 Å². The average molecular weight is 411 g/mol. The number of hydrogen-bond donors (Lipinski definition) is 1. The fourth-order valence-electron chi connectivity index (χ4n) is 2.88. The number of hydrogen-bond acceptors (Lipinski definition) is 4. The topological polar surface area (TPSA) is 56.8 Å². The lowest BCUT2D eigenvalue weighted by Gasteiger charge is -2.16. The van der Waals surface area contributed by atoms with Crippen molar-refractivity contribution in [1.29, 1.82) is 0 Å². The largest absolute Gasteiger partial charge is 0.489 e. The van der Waals surface area contributed by atoms with Gasteiger partial charge in [-0.1, -0.05) is 17.7 Å². The molecule has 0 aromatic heterocycles. The number of ether oxygens (including phenoxy) is 3.